The third-order valence-corrected chi connectivity index (χ3v) is 10.8. The Balaban J connectivity index is 2.27. The minimum absolute atomic E-state index is 0.0767. The molecular formula is C21H34N4O6Si. The summed E-state index contributed by atoms with van der Waals surface area (Å²) >= 11 is 0. The highest BCUT2D eigenvalue weighted by Crippen LogP contribution is 2.41. The molecule has 1 fully saturated rings. The number of aliphatic hydroxyl groups is 1. The van der Waals surface area contributed by atoms with Crippen LogP contribution in [0, 0.1) is 5.92 Å². The van der Waals surface area contributed by atoms with Crippen LogP contribution in [0.15, 0.2) is 18.9 Å². The number of ether oxygens (including phenoxy) is 1. The fraction of sp³-hybridized carbons (Fsp3) is 0.667. The number of nitrogens with zero attached hydrogens (tertiary/aromatic N) is 4. The predicted molar refractivity (Wildman–Crippen MR) is 119 cm³/mol. The molecule has 2 heterocycles. The lowest BCUT2D eigenvalue weighted by Gasteiger charge is -2.52. The number of rotatable bonds is 10. The predicted octanol–water partition coefficient (Wildman–Crippen LogP) is 1.67. The zero-order chi connectivity index (χ0) is 24.4. The molecule has 1 N–H and O–H groups in total. The third-order valence-electron chi connectivity index (χ3n) is 6.20. The maximum Gasteiger partial charge on any atom is 0.356 e. The second-order valence-corrected chi connectivity index (χ2v) is 14.4. The number of aryl methyl sites for hydroxylation is 1. The first-order valence-electron chi connectivity index (χ1n) is 10.6. The summed E-state index contributed by atoms with van der Waals surface area (Å²) < 4.78 is 12.7. The molecule has 1 saturated heterocycles. The van der Waals surface area contributed by atoms with Crippen LogP contribution in [0.4, 0.5) is 0 Å². The van der Waals surface area contributed by atoms with Crippen LogP contribution in [0.2, 0.25) is 18.1 Å². The molecule has 0 radical (unpaired) electrons. The second kappa shape index (κ2) is 9.63. The molecule has 0 spiro atoms. The molecule has 1 aromatic rings. The molecule has 178 valence electrons. The molecule has 0 saturated carbocycles. The molecule has 0 bridgehead atoms. The van der Waals surface area contributed by atoms with Gasteiger partial charge in [0, 0.05) is 13.5 Å². The van der Waals surface area contributed by atoms with Crippen LogP contribution in [0.25, 0.3) is 0 Å². The van der Waals surface area contributed by atoms with Gasteiger partial charge in [0.25, 0.3) is 0 Å². The topological polar surface area (TPSA) is 124 Å². The molecule has 11 heteroatoms. The highest BCUT2D eigenvalue weighted by Gasteiger charge is 2.56. The van der Waals surface area contributed by atoms with Gasteiger partial charge in [0.2, 0.25) is 12.1 Å². The van der Waals surface area contributed by atoms with Crippen LogP contribution in [0.1, 0.15) is 44.6 Å². The third kappa shape index (κ3) is 5.33. The van der Waals surface area contributed by atoms with E-state index in [0.29, 0.717) is 0 Å². The molecule has 4 atom stereocenters. The van der Waals surface area contributed by atoms with E-state index in [1.54, 1.807) is 14.0 Å². The van der Waals surface area contributed by atoms with Gasteiger partial charge in [-0.3, -0.25) is 14.3 Å². The fourth-order valence-electron chi connectivity index (χ4n) is 3.45. The minimum Gasteiger partial charge on any atom is -0.458 e. The van der Waals surface area contributed by atoms with Crippen molar-refractivity contribution in [2.75, 3.05) is 6.61 Å². The summed E-state index contributed by atoms with van der Waals surface area (Å²) in [7, 11) is -0.569. The van der Waals surface area contributed by atoms with Gasteiger partial charge >= 0.3 is 5.97 Å². The lowest BCUT2D eigenvalue weighted by atomic mass is 9.80. The molecule has 1 aromatic heterocycles. The number of β-lactam (4-membered cyclic amide) rings is 1. The number of hydrogen-bond acceptors (Lipinski definition) is 8. The van der Waals surface area contributed by atoms with Crippen LogP contribution >= 0.6 is 0 Å². The Morgan fingerprint density at radius 1 is 1.38 bits per heavy atom. The Bertz CT molecular complexity index is 878. The summed E-state index contributed by atoms with van der Waals surface area (Å²) in [6.07, 6.45) is 0.378. The van der Waals surface area contributed by atoms with Crippen LogP contribution in [-0.2, 0) is 25.8 Å². The number of ketones is 1. The summed E-state index contributed by atoms with van der Waals surface area (Å²) in [5, 5.41) is 18.0. The first kappa shape index (κ1) is 25.9. The summed E-state index contributed by atoms with van der Waals surface area (Å²) in [6.45, 7) is 15.6. The Morgan fingerprint density at radius 3 is 2.50 bits per heavy atom. The number of aromatic nitrogens is 3. The number of Topliss-reactive ketones (excluding diaryl/α,β-unsaturated/α-hetero) is 1. The maximum atomic E-state index is 13.0. The Hall–Kier alpha value is -2.37. The number of esters is 1. The molecule has 10 nitrogen and oxygen atoms in total. The molecule has 1 unspecified atom stereocenters. The monoisotopic (exact) mass is 466 g/mol. The molecular weight excluding hydrogens is 432 g/mol. The normalized spacial score (nSPS) is 21.0. The Labute approximate surface area is 189 Å². The van der Waals surface area contributed by atoms with Crippen molar-refractivity contribution >= 4 is 26.0 Å². The van der Waals surface area contributed by atoms with E-state index in [1.807, 2.05) is 0 Å². The Kier molecular flexibility index (Phi) is 7.79. The standard InChI is InChI=1S/C21H34N4O6Si/c1-9-10-30-20(29)19(28)25-15(11-16(26)14-12-24(6)23-22-14)17(18(25)27)13(2)31-32(7,8)21(3,4)5/h9,12-13,15,17,19,28H,1,10-11H2,2-8H3/t13-,15-,17-,19?/m1/s1. The van der Waals surface area contributed by atoms with Gasteiger partial charge in [0.1, 0.15) is 12.3 Å². The van der Waals surface area contributed by atoms with Gasteiger partial charge in [-0.15, -0.1) is 5.10 Å². The fourth-order valence-corrected chi connectivity index (χ4v) is 4.88. The first-order chi connectivity index (χ1) is 14.7. The summed E-state index contributed by atoms with van der Waals surface area (Å²) in [6, 6.07) is -0.747. The number of amides is 1. The van der Waals surface area contributed by atoms with Crippen LogP contribution in [0.5, 0.6) is 0 Å². The van der Waals surface area contributed by atoms with E-state index in [2.05, 4.69) is 50.8 Å². The lowest BCUT2D eigenvalue weighted by molar-refractivity contribution is -0.195. The van der Waals surface area contributed by atoms with E-state index in [1.165, 1.54) is 17.0 Å². The largest absolute Gasteiger partial charge is 0.458 e. The van der Waals surface area contributed by atoms with Gasteiger partial charge in [-0.1, -0.05) is 38.6 Å². The minimum atomic E-state index is -2.21. The summed E-state index contributed by atoms with van der Waals surface area (Å²) in [5.74, 6) is -2.48. The van der Waals surface area contributed by atoms with Crippen molar-refractivity contribution in [1.29, 1.82) is 0 Å². The molecule has 0 aromatic carbocycles. The number of hydrogen-bond donors (Lipinski definition) is 1. The zero-order valence-electron chi connectivity index (χ0n) is 19.9. The molecule has 2 rings (SSSR count). The van der Waals surface area contributed by atoms with E-state index in [-0.39, 0.29) is 29.5 Å². The van der Waals surface area contributed by atoms with E-state index in [9.17, 15) is 19.5 Å². The van der Waals surface area contributed by atoms with Gasteiger partial charge < -0.3 is 19.2 Å². The average Bonchev–Trinajstić information content (AvgIpc) is 3.10. The van der Waals surface area contributed by atoms with Gasteiger partial charge in [0.15, 0.2) is 14.1 Å². The smallest absolute Gasteiger partial charge is 0.356 e. The Morgan fingerprint density at radius 2 is 2.00 bits per heavy atom. The van der Waals surface area contributed by atoms with Crippen molar-refractivity contribution in [2.45, 2.75) is 70.6 Å². The quantitative estimate of drug-likeness (QED) is 0.182. The van der Waals surface area contributed by atoms with E-state index < -0.39 is 44.5 Å². The number of likely N-dealkylation sites (tertiary alicyclic amines) is 1. The lowest BCUT2D eigenvalue weighted by Crippen LogP contribution is -2.70. The molecule has 32 heavy (non-hydrogen) atoms. The van der Waals surface area contributed by atoms with Crippen LogP contribution in [-0.4, -0.2) is 76.0 Å². The SMILES string of the molecule is C=CCOC(=O)C(O)N1C(=O)[C@H]([C@@H](C)O[Si](C)(C)C(C)(C)C)[C@H]1CC(=O)c1cn(C)nn1. The van der Waals surface area contributed by atoms with Crippen molar-refractivity contribution < 1.29 is 28.7 Å². The van der Waals surface area contributed by atoms with Gasteiger partial charge in [-0.05, 0) is 25.1 Å². The highest BCUT2D eigenvalue weighted by atomic mass is 28.4. The van der Waals surface area contributed by atoms with Gasteiger partial charge in [0.05, 0.1) is 24.3 Å². The number of aliphatic hydroxyl groups excluding tert-OH is 1. The zero-order valence-corrected chi connectivity index (χ0v) is 20.9. The summed E-state index contributed by atoms with van der Waals surface area (Å²) in [4.78, 5) is 39.0. The van der Waals surface area contributed by atoms with E-state index in [0.717, 1.165) is 4.90 Å². The van der Waals surface area contributed by atoms with Crippen molar-refractivity contribution in [3.05, 3.63) is 24.5 Å². The molecule has 0 aliphatic carbocycles. The van der Waals surface area contributed by atoms with Crippen LogP contribution in [0.3, 0.4) is 0 Å². The van der Waals surface area contributed by atoms with E-state index in [4.69, 9.17) is 9.16 Å². The molecule has 1 aliphatic heterocycles. The maximum absolute atomic E-state index is 13.0. The van der Waals surface area contributed by atoms with Crippen molar-refractivity contribution in [2.24, 2.45) is 13.0 Å². The van der Waals surface area contributed by atoms with Gasteiger partial charge in [-0.25, -0.2) is 4.79 Å². The highest BCUT2D eigenvalue weighted by molar-refractivity contribution is 6.74. The van der Waals surface area contributed by atoms with Gasteiger partial charge in [-0.2, -0.15) is 0 Å². The average molecular weight is 467 g/mol. The van der Waals surface area contributed by atoms with Crippen molar-refractivity contribution in [1.82, 2.24) is 19.9 Å². The second-order valence-electron chi connectivity index (χ2n) is 9.62. The molecule has 1 aliphatic rings. The van der Waals surface area contributed by atoms with Crippen LogP contribution < -0.4 is 0 Å². The first-order valence-corrected chi connectivity index (χ1v) is 13.5. The number of carbonyl (C=O) groups is 3. The number of carbonyl (C=O) groups excluding carboxylic acids is 3. The molecule has 1 amide bonds. The van der Waals surface area contributed by atoms with Crippen molar-refractivity contribution in [3.8, 4) is 0 Å². The van der Waals surface area contributed by atoms with Crippen molar-refractivity contribution in [3.63, 3.8) is 0 Å². The summed E-state index contributed by atoms with van der Waals surface area (Å²) in [5.41, 5.74) is 0.146. The van der Waals surface area contributed by atoms with E-state index >= 15 is 0 Å².